The second-order valence-corrected chi connectivity index (χ2v) is 7.96. The lowest BCUT2D eigenvalue weighted by atomic mass is 10.1. The molecule has 0 saturated heterocycles. The minimum Gasteiger partial charge on any atom is -0.374 e. The highest BCUT2D eigenvalue weighted by Crippen LogP contribution is 2.13. The van der Waals surface area contributed by atoms with Gasteiger partial charge in [0.25, 0.3) is 0 Å². The number of nitrogens with one attached hydrogen (secondary N) is 2. The number of carbonyl (C=O) groups excluding carboxylic acids is 2. The third kappa shape index (κ3) is 10.7. The molecule has 0 fully saturated rings. The Labute approximate surface area is 202 Å². The summed E-state index contributed by atoms with van der Waals surface area (Å²) in [5, 5.41) is 17.5. The van der Waals surface area contributed by atoms with Crippen LogP contribution in [-0.4, -0.2) is 50.7 Å². The van der Waals surface area contributed by atoms with Gasteiger partial charge >= 0.3 is 0 Å². The van der Waals surface area contributed by atoms with E-state index in [2.05, 4.69) is 33.1 Å². The van der Waals surface area contributed by atoms with Gasteiger partial charge in [-0.15, -0.1) is 17.5 Å². The molecule has 186 valence electrons. The fraction of sp³-hybridized carbons (Fsp3) is 0.591. The summed E-state index contributed by atoms with van der Waals surface area (Å²) in [7, 11) is 0. The normalized spacial score (nSPS) is 11.6. The third-order valence-electron chi connectivity index (χ3n) is 4.56. The first-order chi connectivity index (χ1) is 14.8. The summed E-state index contributed by atoms with van der Waals surface area (Å²) in [6.07, 6.45) is 2.18. The van der Waals surface area contributed by atoms with Gasteiger partial charge in [0.2, 0.25) is 11.8 Å². The highest BCUT2D eigenvalue weighted by atomic mass is 35.5. The van der Waals surface area contributed by atoms with Gasteiger partial charge in [-0.1, -0.05) is 51.1 Å². The molecule has 0 saturated carbocycles. The second kappa shape index (κ2) is 15.3. The maximum Gasteiger partial charge on any atom is 0.240 e. The zero-order chi connectivity index (χ0) is 22.7. The van der Waals surface area contributed by atoms with Gasteiger partial charge in [-0.05, 0) is 36.3 Å². The molecule has 1 aromatic carbocycles. The molecule has 1 heterocycles. The van der Waals surface area contributed by atoms with Gasteiger partial charge in [-0.25, -0.2) is 4.68 Å². The van der Waals surface area contributed by atoms with Crippen molar-refractivity contribution in [2.24, 2.45) is 5.73 Å². The number of unbranched alkanes of at least 4 members (excludes halogenated alkanes) is 1. The van der Waals surface area contributed by atoms with Crippen LogP contribution >= 0.6 is 12.4 Å². The van der Waals surface area contributed by atoms with Crippen LogP contribution in [0.2, 0.25) is 0 Å². The molecule has 0 aliphatic rings. The Morgan fingerprint density at radius 1 is 1.24 bits per heavy atom. The van der Waals surface area contributed by atoms with E-state index >= 15 is 0 Å². The van der Waals surface area contributed by atoms with Crippen molar-refractivity contribution >= 4 is 24.2 Å². The van der Waals surface area contributed by atoms with E-state index in [9.17, 15) is 9.59 Å². The van der Waals surface area contributed by atoms with E-state index in [-0.39, 0.29) is 51.2 Å². The van der Waals surface area contributed by atoms with E-state index < -0.39 is 11.6 Å². The number of benzene rings is 1. The summed E-state index contributed by atoms with van der Waals surface area (Å²) < 4.78 is 7.34. The molecule has 2 aromatic rings. The SMILES string of the molecule is C.CCCCNC(=O)CCn1nnnc1[C@@H](COCc1ccccc1)NC(=O)C(C)(C)N.Cl. The summed E-state index contributed by atoms with van der Waals surface area (Å²) in [6, 6.07) is 9.09. The van der Waals surface area contributed by atoms with Gasteiger partial charge in [0.1, 0.15) is 6.04 Å². The van der Waals surface area contributed by atoms with Crippen molar-refractivity contribution in [3.63, 3.8) is 0 Å². The van der Waals surface area contributed by atoms with Gasteiger partial charge < -0.3 is 21.1 Å². The fourth-order valence-electron chi connectivity index (χ4n) is 2.71. The van der Waals surface area contributed by atoms with Crippen LogP contribution in [0.25, 0.3) is 0 Å². The number of ether oxygens (including phenoxy) is 1. The van der Waals surface area contributed by atoms with Gasteiger partial charge in [0.05, 0.1) is 25.3 Å². The first kappa shape index (κ1) is 30.4. The van der Waals surface area contributed by atoms with E-state index in [0.29, 0.717) is 19.0 Å². The van der Waals surface area contributed by atoms with Crippen LogP contribution < -0.4 is 16.4 Å². The zero-order valence-electron chi connectivity index (χ0n) is 18.9. The number of halogens is 1. The highest BCUT2D eigenvalue weighted by molar-refractivity contribution is 5.85. The van der Waals surface area contributed by atoms with E-state index in [0.717, 1.165) is 18.4 Å². The van der Waals surface area contributed by atoms with E-state index in [1.807, 2.05) is 30.3 Å². The van der Waals surface area contributed by atoms with Crippen molar-refractivity contribution in [3.05, 3.63) is 41.7 Å². The topological polar surface area (TPSA) is 137 Å². The number of tetrazole rings is 1. The molecule has 0 aliphatic heterocycles. The van der Waals surface area contributed by atoms with Crippen LogP contribution in [0.4, 0.5) is 0 Å². The molecule has 2 amide bonds. The average Bonchev–Trinajstić information content (AvgIpc) is 3.20. The van der Waals surface area contributed by atoms with Crippen LogP contribution in [0.3, 0.4) is 0 Å². The largest absolute Gasteiger partial charge is 0.374 e. The lowest BCUT2D eigenvalue weighted by Gasteiger charge is -2.23. The third-order valence-corrected chi connectivity index (χ3v) is 4.56. The summed E-state index contributed by atoms with van der Waals surface area (Å²) in [4.78, 5) is 24.5. The molecule has 10 nitrogen and oxygen atoms in total. The molecule has 11 heteroatoms. The summed E-state index contributed by atoms with van der Waals surface area (Å²) in [5.41, 5.74) is 5.87. The molecular weight excluding hydrogens is 446 g/mol. The van der Waals surface area contributed by atoms with Crippen molar-refractivity contribution in [3.8, 4) is 0 Å². The van der Waals surface area contributed by atoms with Crippen molar-refractivity contribution < 1.29 is 14.3 Å². The minimum atomic E-state index is -1.07. The Bertz CT molecular complexity index is 825. The lowest BCUT2D eigenvalue weighted by Crippen LogP contribution is -2.51. The summed E-state index contributed by atoms with van der Waals surface area (Å²) in [5.74, 6) is -0.0152. The van der Waals surface area contributed by atoms with Gasteiger partial charge in [0.15, 0.2) is 5.82 Å². The molecule has 0 spiro atoms. The molecule has 33 heavy (non-hydrogen) atoms. The standard InChI is InChI=1S/C21H33N7O3.CH4.ClH/c1-4-5-12-23-18(29)11-13-28-19(25-26-27-28)17(24-20(30)21(2,3)22)15-31-14-16-9-7-6-8-10-16;;/h6-10,17H,4-5,11-15,22H2,1-3H3,(H,23,29)(H,24,30);1H4;1H/t17-;;/m1../s1. The minimum absolute atomic E-state index is 0. The van der Waals surface area contributed by atoms with Crippen LogP contribution in [0, 0.1) is 0 Å². The number of carbonyl (C=O) groups is 2. The maximum atomic E-state index is 12.5. The van der Waals surface area contributed by atoms with Crippen LogP contribution in [0.1, 0.15) is 64.9 Å². The quantitative estimate of drug-likeness (QED) is 0.371. The number of hydrogen-bond donors (Lipinski definition) is 3. The Morgan fingerprint density at radius 2 is 1.94 bits per heavy atom. The highest BCUT2D eigenvalue weighted by Gasteiger charge is 2.28. The van der Waals surface area contributed by atoms with Gasteiger partial charge in [-0.3, -0.25) is 9.59 Å². The Morgan fingerprint density at radius 3 is 2.58 bits per heavy atom. The number of aromatic nitrogens is 4. The van der Waals surface area contributed by atoms with E-state index in [1.54, 1.807) is 13.8 Å². The van der Waals surface area contributed by atoms with Gasteiger partial charge in [0, 0.05) is 13.0 Å². The van der Waals surface area contributed by atoms with Crippen LogP contribution in [-0.2, 0) is 27.5 Å². The number of amides is 2. The molecular formula is C22H38ClN7O3. The number of aryl methyl sites for hydroxylation is 1. The predicted octanol–water partition coefficient (Wildman–Crippen LogP) is 2.15. The maximum absolute atomic E-state index is 12.5. The van der Waals surface area contributed by atoms with Gasteiger partial charge in [-0.2, -0.15) is 0 Å². The second-order valence-electron chi connectivity index (χ2n) is 7.96. The summed E-state index contributed by atoms with van der Waals surface area (Å²) in [6.45, 7) is 6.77. The van der Waals surface area contributed by atoms with Crippen molar-refractivity contribution in [1.82, 2.24) is 30.8 Å². The molecule has 0 bridgehead atoms. The van der Waals surface area contributed by atoms with Crippen molar-refractivity contribution in [2.45, 2.75) is 72.2 Å². The first-order valence-corrected chi connectivity index (χ1v) is 10.6. The molecule has 2 rings (SSSR count). The molecule has 0 aliphatic carbocycles. The number of nitrogens with two attached hydrogens (primary N) is 1. The van der Waals surface area contributed by atoms with E-state index in [4.69, 9.17) is 10.5 Å². The zero-order valence-corrected chi connectivity index (χ0v) is 19.7. The van der Waals surface area contributed by atoms with E-state index in [1.165, 1.54) is 4.68 Å². The molecule has 4 N–H and O–H groups in total. The first-order valence-electron chi connectivity index (χ1n) is 10.6. The van der Waals surface area contributed by atoms with Crippen LogP contribution in [0.5, 0.6) is 0 Å². The monoisotopic (exact) mass is 483 g/mol. The van der Waals surface area contributed by atoms with Crippen LogP contribution in [0.15, 0.2) is 30.3 Å². The Kier molecular flexibility index (Phi) is 14.1. The molecule has 0 radical (unpaired) electrons. The molecule has 0 unspecified atom stereocenters. The van der Waals surface area contributed by atoms with Crippen molar-refractivity contribution in [2.75, 3.05) is 13.2 Å². The number of rotatable bonds is 13. The predicted molar refractivity (Wildman–Crippen MR) is 130 cm³/mol. The molecule has 1 atom stereocenters. The Hall–Kier alpha value is -2.56. The number of nitrogens with zero attached hydrogens (tertiary/aromatic N) is 4. The Balaban J connectivity index is 0.00000512. The lowest BCUT2D eigenvalue weighted by molar-refractivity contribution is -0.126. The smallest absolute Gasteiger partial charge is 0.240 e. The number of hydrogen-bond acceptors (Lipinski definition) is 7. The van der Waals surface area contributed by atoms with Crippen molar-refractivity contribution in [1.29, 1.82) is 0 Å². The molecule has 1 aromatic heterocycles. The average molecular weight is 484 g/mol. The summed E-state index contributed by atoms with van der Waals surface area (Å²) >= 11 is 0. The fourth-order valence-corrected chi connectivity index (χ4v) is 2.71.